The highest BCUT2D eigenvalue weighted by Crippen LogP contribution is 2.25. The third-order valence-corrected chi connectivity index (χ3v) is 5.57. The first kappa shape index (κ1) is 27.6. The van der Waals surface area contributed by atoms with E-state index in [1.807, 2.05) is 0 Å². The van der Waals surface area contributed by atoms with E-state index in [2.05, 4.69) is 6.58 Å². The molecule has 3 aromatic carbocycles. The van der Waals surface area contributed by atoms with Gasteiger partial charge in [0.05, 0.1) is 18.8 Å². The Balaban J connectivity index is 1.35. The Morgan fingerprint density at radius 2 is 1.27 bits per heavy atom. The van der Waals surface area contributed by atoms with Gasteiger partial charge in [-0.05, 0) is 72.5 Å². The molecule has 7 heteroatoms. The summed E-state index contributed by atoms with van der Waals surface area (Å²) in [6.45, 7) is 4.38. The van der Waals surface area contributed by atoms with Crippen molar-refractivity contribution in [2.45, 2.75) is 38.5 Å². The van der Waals surface area contributed by atoms with Gasteiger partial charge in [-0.1, -0.05) is 44.4 Å². The average Bonchev–Trinajstić information content (AvgIpc) is 2.89. The first-order valence-corrected chi connectivity index (χ1v) is 12.3. The third-order valence-electron chi connectivity index (χ3n) is 5.57. The van der Waals surface area contributed by atoms with Crippen molar-refractivity contribution in [1.82, 2.24) is 0 Å². The second kappa shape index (κ2) is 14.5. The van der Waals surface area contributed by atoms with Gasteiger partial charge in [-0.25, -0.2) is 18.4 Å². The van der Waals surface area contributed by atoms with Gasteiger partial charge in [0.1, 0.15) is 23.1 Å². The van der Waals surface area contributed by atoms with Gasteiger partial charge in [-0.3, -0.25) is 0 Å². The van der Waals surface area contributed by atoms with E-state index in [1.165, 1.54) is 18.2 Å². The van der Waals surface area contributed by atoms with Crippen molar-refractivity contribution in [2.75, 3.05) is 13.2 Å². The maximum atomic E-state index is 13.4. The van der Waals surface area contributed by atoms with Crippen LogP contribution in [0, 0.1) is 11.6 Å². The number of rotatable bonds is 14. The normalized spacial score (nSPS) is 10.5. The Kier molecular flexibility index (Phi) is 10.8. The molecule has 0 bridgehead atoms. The van der Waals surface area contributed by atoms with Crippen molar-refractivity contribution in [3.8, 4) is 22.6 Å². The van der Waals surface area contributed by atoms with E-state index in [9.17, 15) is 18.4 Å². The van der Waals surface area contributed by atoms with Gasteiger partial charge in [-0.15, -0.1) is 0 Å². The summed E-state index contributed by atoms with van der Waals surface area (Å²) in [5.74, 6) is -1.22. The van der Waals surface area contributed by atoms with Crippen molar-refractivity contribution >= 4 is 11.9 Å². The van der Waals surface area contributed by atoms with Crippen LogP contribution in [0.5, 0.6) is 11.5 Å². The fourth-order valence-corrected chi connectivity index (χ4v) is 3.62. The SMILES string of the molecule is C=CC(=O)OCCCCCCCCOc1ccc(C(=O)Oc2ccc(-c3cc(F)cc(F)c3)cc2)cc1. The first-order valence-electron chi connectivity index (χ1n) is 12.3. The van der Waals surface area contributed by atoms with Gasteiger partial charge in [0.15, 0.2) is 0 Å². The molecule has 0 N–H and O–H groups in total. The molecule has 3 rings (SSSR count). The van der Waals surface area contributed by atoms with Crippen LogP contribution >= 0.6 is 0 Å². The summed E-state index contributed by atoms with van der Waals surface area (Å²) in [5.41, 5.74) is 1.38. The topological polar surface area (TPSA) is 61.8 Å². The Labute approximate surface area is 215 Å². The summed E-state index contributed by atoms with van der Waals surface area (Å²) in [4.78, 5) is 23.4. The molecule has 0 fully saturated rings. The minimum atomic E-state index is -0.657. The van der Waals surface area contributed by atoms with Crippen molar-refractivity contribution in [3.05, 3.63) is 96.6 Å². The van der Waals surface area contributed by atoms with E-state index in [4.69, 9.17) is 14.2 Å². The smallest absolute Gasteiger partial charge is 0.343 e. The van der Waals surface area contributed by atoms with Crippen LogP contribution in [0.15, 0.2) is 79.4 Å². The molecule has 0 heterocycles. The van der Waals surface area contributed by atoms with Crippen LogP contribution in [0.4, 0.5) is 8.78 Å². The van der Waals surface area contributed by atoms with Crippen molar-refractivity contribution in [2.24, 2.45) is 0 Å². The van der Waals surface area contributed by atoms with E-state index >= 15 is 0 Å². The molecule has 0 atom stereocenters. The van der Waals surface area contributed by atoms with Crippen LogP contribution in [0.25, 0.3) is 11.1 Å². The van der Waals surface area contributed by atoms with Crippen LogP contribution in [-0.4, -0.2) is 25.2 Å². The largest absolute Gasteiger partial charge is 0.494 e. The summed E-state index contributed by atoms with van der Waals surface area (Å²) >= 11 is 0. The van der Waals surface area contributed by atoms with Gasteiger partial charge < -0.3 is 14.2 Å². The molecule has 0 amide bonds. The summed E-state index contributed by atoms with van der Waals surface area (Å²) in [6.07, 6.45) is 7.17. The lowest BCUT2D eigenvalue weighted by Crippen LogP contribution is -2.08. The Morgan fingerprint density at radius 3 is 1.89 bits per heavy atom. The van der Waals surface area contributed by atoms with E-state index in [-0.39, 0.29) is 5.97 Å². The zero-order valence-corrected chi connectivity index (χ0v) is 20.6. The first-order chi connectivity index (χ1) is 17.9. The molecule has 0 unspecified atom stereocenters. The quantitative estimate of drug-likeness (QED) is 0.0990. The monoisotopic (exact) mass is 508 g/mol. The predicted molar refractivity (Wildman–Crippen MR) is 138 cm³/mol. The number of unbranched alkanes of at least 4 members (excludes halogenated alkanes) is 5. The molecule has 5 nitrogen and oxygen atoms in total. The number of ether oxygens (including phenoxy) is 3. The van der Waals surface area contributed by atoms with Gasteiger partial charge in [0.2, 0.25) is 0 Å². The summed E-state index contributed by atoms with van der Waals surface area (Å²) < 4.78 is 43.0. The lowest BCUT2D eigenvalue weighted by molar-refractivity contribution is -0.137. The average molecular weight is 509 g/mol. The Hall–Kier alpha value is -4.00. The predicted octanol–water partition coefficient (Wildman–Crippen LogP) is 7.30. The second-order valence-electron chi connectivity index (χ2n) is 8.44. The maximum Gasteiger partial charge on any atom is 0.343 e. The highest BCUT2D eigenvalue weighted by atomic mass is 19.1. The van der Waals surface area contributed by atoms with Gasteiger partial charge in [0, 0.05) is 12.1 Å². The molecule has 37 heavy (non-hydrogen) atoms. The van der Waals surface area contributed by atoms with E-state index in [0.29, 0.717) is 41.4 Å². The molecule has 0 aromatic heterocycles. The number of carbonyl (C=O) groups excluding carboxylic acids is 2. The van der Waals surface area contributed by atoms with Crippen LogP contribution in [-0.2, 0) is 9.53 Å². The van der Waals surface area contributed by atoms with Crippen LogP contribution in [0.1, 0.15) is 48.9 Å². The second-order valence-corrected chi connectivity index (χ2v) is 8.44. The standard InChI is InChI=1S/C30H30F2O5/c1-2-29(33)36-18-8-6-4-3-5-7-17-35-27-13-11-23(12-14-27)30(34)37-28-15-9-22(10-16-28)24-19-25(31)21-26(32)20-24/h2,9-16,19-21H,1,3-8,17-18H2. The number of halogens is 2. The van der Waals surface area contributed by atoms with E-state index in [0.717, 1.165) is 44.6 Å². The van der Waals surface area contributed by atoms with Crippen molar-refractivity contribution < 1.29 is 32.6 Å². The number of esters is 2. The molecule has 0 saturated carbocycles. The number of hydrogen-bond donors (Lipinski definition) is 0. The fourth-order valence-electron chi connectivity index (χ4n) is 3.62. The molecule has 0 spiro atoms. The lowest BCUT2D eigenvalue weighted by atomic mass is 10.1. The summed E-state index contributed by atoms with van der Waals surface area (Å²) in [6, 6.07) is 16.4. The molecule has 0 aliphatic rings. The molecular formula is C30H30F2O5. The van der Waals surface area contributed by atoms with Crippen LogP contribution < -0.4 is 9.47 Å². The Morgan fingerprint density at radius 1 is 0.703 bits per heavy atom. The molecule has 0 radical (unpaired) electrons. The number of benzene rings is 3. The number of carbonyl (C=O) groups is 2. The summed E-state index contributed by atoms with van der Waals surface area (Å²) in [5, 5.41) is 0. The van der Waals surface area contributed by atoms with Gasteiger partial charge in [-0.2, -0.15) is 0 Å². The third kappa shape index (κ3) is 9.52. The molecule has 194 valence electrons. The highest BCUT2D eigenvalue weighted by molar-refractivity contribution is 5.91. The molecular weight excluding hydrogens is 478 g/mol. The zero-order valence-electron chi connectivity index (χ0n) is 20.6. The van der Waals surface area contributed by atoms with Gasteiger partial charge in [0.25, 0.3) is 0 Å². The van der Waals surface area contributed by atoms with Crippen LogP contribution in [0.2, 0.25) is 0 Å². The van der Waals surface area contributed by atoms with E-state index < -0.39 is 17.6 Å². The van der Waals surface area contributed by atoms with Gasteiger partial charge >= 0.3 is 11.9 Å². The molecule has 0 aliphatic carbocycles. The summed E-state index contributed by atoms with van der Waals surface area (Å²) in [7, 11) is 0. The van der Waals surface area contributed by atoms with Crippen LogP contribution in [0.3, 0.4) is 0 Å². The van der Waals surface area contributed by atoms with Crippen molar-refractivity contribution in [3.63, 3.8) is 0 Å². The Bertz CT molecular complexity index is 1150. The van der Waals surface area contributed by atoms with E-state index in [1.54, 1.807) is 48.5 Å². The highest BCUT2D eigenvalue weighted by Gasteiger charge is 2.10. The fraction of sp³-hybridized carbons (Fsp3) is 0.267. The van der Waals surface area contributed by atoms with Crippen molar-refractivity contribution in [1.29, 1.82) is 0 Å². The molecule has 0 saturated heterocycles. The number of hydrogen-bond acceptors (Lipinski definition) is 5. The lowest BCUT2D eigenvalue weighted by Gasteiger charge is -2.08. The minimum absolute atomic E-state index is 0.323. The molecule has 3 aromatic rings. The molecule has 0 aliphatic heterocycles. The zero-order chi connectivity index (χ0) is 26.5. The minimum Gasteiger partial charge on any atom is -0.494 e. The maximum absolute atomic E-state index is 13.4.